The Morgan fingerprint density at radius 2 is 0.714 bits per heavy atom. The van der Waals surface area contributed by atoms with Crippen LogP contribution in [0.3, 0.4) is 0 Å². The van der Waals surface area contributed by atoms with Crippen LogP contribution in [0.1, 0.15) is 206 Å². The van der Waals surface area contributed by atoms with Crippen LogP contribution in [-0.2, 0) is 0 Å². The number of hydrogen-bond acceptors (Lipinski definition) is 2. The maximum absolute atomic E-state index is 3.38. The minimum absolute atomic E-state index is 0.531. The van der Waals surface area contributed by atoms with Gasteiger partial charge in [-0.05, 0) is 143 Å². The molecule has 9 aliphatic carbocycles. The van der Waals surface area contributed by atoms with E-state index in [1.807, 2.05) is 0 Å². The minimum atomic E-state index is 0.531. The molecule has 0 N–H and O–H groups in total. The van der Waals surface area contributed by atoms with Crippen LogP contribution in [0.25, 0.3) is 0 Å². The Kier molecular flexibility index (Phi) is 10.6. The molecule has 0 amide bonds. The van der Waals surface area contributed by atoms with Crippen LogP contribution in [-0.4, -0.2) is 46.1 Å². The highest BCUT2D eigenvalue weighted by Gasteiger charge is 2.59. The molecule has 2 nitrogen and oxygen atoms in total. The van der Waals surface area contributed by atoms with Crippen LogP contribution in [0.5, 0.6) is 0 Å². The topological polar surface area (TPSA) is 6.48 Å². The van der Waals surface area contributed by atoms with Crippen LogP contribution in [0, 0.1) is 52.8 Å². The standard InChI is InChI=1S/C47H80N2/c1-47(2)43-31-37(48(35-19-5-3-6-20-35)45-25-13-17-33-15-9-11-23-39(33)45)27-29-41(43)42-30-28-38(32-44(42)47)49(36-21-7-4-8-22-36)46-26-14-18-34-16-10-12-24-40(34)46/h33-46H,3-32H2,1-2H3. The highest BCUT2D eigenvalue weighted by Crippen LogP contribution is 2.64. The van der Waals surface area contributed by atoms with Gasteiger partial charge in [-0.2, -0.15) is 0 Å². The lowest BCUT2D eigenvalue weighted by Gasteiger charge is -2.55. The van der Waals surface area contributed by atoms with Crippen LogP contribution in [0.2, 0.25) is 0 Å². The van der Waals surface area contributed by atoms with E-state index in [0.717, 1.165) is 83.6 Å². The van der Waals surface area contributed by atoms with Gasteiger partial charge in [-0.3, -0.25) is 9.80 Å². The molecular formula is C47H80N2. The molecule has 0 aromatic heterocycles. The number of fused-ring (bicyclic) bond motifs is 5. The van der Waals surface area contributed by atoms with Gasteiger partial charge < -0.3 is 0 Å². The van der Waals surface area contributed by atoms with Crippen molar-refractivity contribution in [3.63, 3.8) is 0 Å². The van der Waals surface area contributed by atoms with Crippen LogP contribution >= 0.6 is 0 Å². The Balaban J connectivity index is 0.956. The van der Waals surface area contributed by atoms with Crippen molar-refractivity contribution < 1.29 is 0 Å². The van der Waals surface area contributed by atoms with E-state index in [9.17, 15) is 0 Å². The molecule has 0 aromatic carbocycles. The summed E-state index contributed by atoms with van der Waals surface area (Å²) >= 11 is 0. The number of hydrogen-bond donors (Lipinski definition) is 0. The lowest BCUT2D eigenvalue weighted by molar-refractivity contribution is -0.0518. The summed E-state index contributed by atoms with van der Waals surface area (Å²) in [6.07, 6.45) is 46.2. The van der Waals surface area contributed by atoms with Crippen molar-refractivity contribution in [3.05, 3.63) is 0 Å². The smallest absolute Gasteiger partial charge is 0.0132 e. The number of rotatable bonds is 6. The van der Waals surface area contributed by atoms with Gasteiger partial charge in [-0.15, -0.1) is 0 Å². The summed E-state index contributed by atoms with van der Waals surface area (Å²) in [5.74, 6) is 8.26. The molecule has 278 valence electrons. The van der Waals surface area contributed by atoms with E-state index >= 15 is 0 Å². The van der Waals surface area contributed by atoms with E-state index in [2.05, 4.69) is 23.6 Å². The van der Waals surface area contributed by atoms with Crippen molar-refractivity contribution >= 4 is 0 Å². The third-order valence-corrected chi connectivity index (χ3v) is 18.9. The summed E-state index contributed by atoms with van der Waals surface area (Å²) in [7, 11) is 0. The normalized spacial score (nSPS) is 46.5. The molecule has 9 fully saturated rings. The van der Waals surface area contributed by atoms with E-state index in [-0.39, 0.29) is 0 Å². The van der Waals surface area contributed by atoms with Gasteiger partial charge in [-0.25, -0.2) is 0 Å². The van der Waals surface area contributed by atoms with Crippen molar-refractivity contribution in [3.8, 4) is 0 Å². The highest BCUT2D eigenvalue weighted by molar-refractivity contribution is 5.10. The van der Waals surface area contributed by atoms with Crippen molar-refractivity contribution in [1.29, 1.82) is 0 Å². The van der Waals surface area contributed by atoms with Crippen LogP contribution in [0.15, 0.2) is 0 Å². The summed E-state index contributed by atoms with van der Waals surface area (Å²) in [6.45, 7) is 5.68. The molecule has 9 saturated carbocycles. The lowest BCUT2D eigenvalue weighted by atomic mass is 9.64. The van der Waals surface area contributed by atoms with Gasteiger partial charge >= 0.3 is 0 Å². The van der Waals surface area contributed by atoms with Crippen molar-refractivity contribution in [2.24, 2.45) is 52.8 Å². The average Bonchev–Trinajstić information content (AvgIpc) is 3.38. The van der Waals surface area contributed by atoms with E-state index in [1.54, 1.807) is 89.9 Å². The second-order valence-corrected chi connectivity index (χ2v) is 21.2. The quantitative estimate of drug-likeness (QED) is 0.277. The van der Waals surface area contributed by atoms with Gasteiger partial charge in [-0.1, -0.05) is 117 Å². The first kappa shape index (κ1) is 34.7. The molecule has 9 rings (SSSR count). The molecule has 9 aliphatic rings. The van der Waals surface area contributed by atoms with Crippen molar-refractivity contribution in [1.82, 2.24) is 9.80 Å². The van der Waals surface area contributed by atoms with Crippen molar-refractivity contribution in [2.75, 3.05) is 0 Å². The molecule has 12 atom stereocenters. The molecule has 0 heterocycles. The third kappa shape index (κ3) is 6.58. The first-order valence-electron chi connectivity index (χ1n) is 23.6. The zero-order valence-corrected chi connectivity index (χ0v) is 32.7. The van der Waals surface area contributed by atoms with Crippen LogP contribution in [0.4, 0.5) is 0 Å². The fourth-order valence-corrected chi connectivity index (χ4v) is 16.9. The predicted molar refractivity (Wildman–Crippen MR) is 207 cm³/mol. The fraction of sp³-hybridized carbons (Fsp3) is 1.00. The Hall–Kier alpha value is -0.0800. The van der Waals surface area contributed by atoms with Gasteiger partial charge in [0.05, 0.1) is 0 Å². The SMILES string of the molecule is CC1(C)C2CC(N(C3CCCCC3)C3CCCC4CCCCC43)CCC2C2CCC(N(C3CCCCC3)C3CCCC4CCCCC43)CC21. The molecule has 49 heavy (non-hydrogen) atoms. The molecular weight excluding hydrogens is 593 g/mol. The summed E-state index contributed by atoms with van der Waals surface area (Å²) in [4.78, 5) is 6.76. The third-order valence-electron chi connectivity index (χ3n) is 18.9. The van der Waals surface area contributed by atoms with Crippen LogP contribution < -0.4 is 0 Å². The van der Waals surface area contributed by atoms with Gasteiger partial charge in [0, 0.05) is 36.3 Å². The van der Waals surface area contributed by atoms with E-state index in [4.69, 9.17) is 0 Å². The van der Waals surface area contributed by atoms with E-state index in [1.165, 1.54) is 103 Å². The maximum atomic E-state index is 3.38. The Morgan fingerprint density at radius 1 is 0.327 bits per heavy atom. The summed E-state index contributed by atoms with van der Waals surface area (Å²) in [5.41, 5.74) is 0.531. The zero-order chi connectivity index (χ0) is 33.0. The van der Waals surface area contributed by atoms with E-state index in [0.29, 0.717) is 5.41 Å². The first-order chi connectivity index (χ1) is 24.1. The van der Waals surface area contributed by atoms with Gasteiger partial charge in [0.25, 0.3) is 0 Å². The maximum Gasteiger partial charge on any atom is 0.0132 e. The molecule has 12 unspecified atom stereocenters. The van der Waals surface area contributed by atoms with E-state index < -0.39 is 0 Å². The fourth-order valence-electron chi connectivity index (χ4n) is 16.9. The van der Waals surface area contributed by atoms with Gasteiger partial charge in [0.1, 0.15) is 0 Å². The molecule has 0 radical (unpaired) electrons. The Morgan fingerprint density at radius 3 is 1.16 bits per heavy atom. The monoisotopic (exact) mass is 673 g/mol. The molecule has 0 saturated heterocycles. The summed E-state index contributed by atoms with van der Waals surface area (Å²) < 4.78 is 0. The Bertz CT molecular complexity index is 984. The Labute approximate surface area is 304 Å². The lowest BCUT2D eigenvalue weighted by Crippen LogP contribution is -2.57. The molecule has 0 spiro atoms. The second-order valence-electron chi connectivity index (χ2n) is 21.2. The van der Waals surface area contributed by atoms with Gasteiger partial charge in [0.15, 0.2) is 0 Å². The first-order valence-corrected chi connectivity index (χ1v) is 23.6. The molecule has 0 aromatic rings. The summed E-state index contributed by atoms with van der Waals surface area (Å²) in [6, 6.07) is 5.50. The van der Waals surface area contributed by atoms with Gasteiger partial charge in [0.2, 0.25) is 0 Å². The average molecular weight is 673 g/mol. The highest BCUT2D eigenvalue weighted by atomic mass is 15.2. The second kappa shape index (κ2) is 15.0. The molecule has 0 aliphatic heterocycles. The number of nitrogens with zero attached hydrogens (tertiary/aromatic N) is 2. The van der Waals surface area contributed by atoms with Crippen molar-refractivity contribution in [2.45, 2.75) is 243 Å². The summed E-state index contributed by atoms with van der Waals surface area (Å²) in [5, 5.41) is 0. The minimum Gasteiger partial charge on any atom is -0.294 e. The largest absolute Gasteiger partial charge is 0.294 e. The predicted octanol–water partition coefficient (Wildman–Crippen LogP) is 12.6. The molecule has 2 heteroatoms. The molecule has 0 bridgehead atoms. The zero-order valence-electron chi connectivity index (χ0n) is 32.7.